The van der Waals surface area contributed by atoms with Crippen molar-refractivity contribution in [3.05, 3.63) is 47.8 Å². The maximum Gasteiger partial charge on any atom is 0.0824 e. The van der Waals surface area contributed by atoms with E-state index in [0.29, 0.717) is 0 Å². The van der Waals surface area contributed by atoms with Crippen molar-refractivity contribution < 1.29 is 0 Å². The predicted molar refractivity (Wildman–Crippen MR) is 73.8 cm³/mol. The van der Waals surface area contributed by atoms with Crippen LogP contribution in [0.5, 0.6) is 0 Å². The molecule has 0 spiro atoms. The van der Waals surface area contributed by atoms with Crippen LogP contribution >= 0.6 is 12.4 Å². The molecule has 0 atom stereocenters. The lowest BCUT2D eigenvalue weighted by atomic mass is 10.1. The molecule has 3 nitrogen and oxygen atoms in total. The summed E-state index contributed by atoms with van der Waals surface area (Å²) in [5.74, 6) is 0. The average Bonchev–Trinajstić information content (AvgIpc) is 2.59. The summed E-state index contributed by atoms with van der Waals surface area (Å²) < 4.78 is 1.83. The number of nitrogens with zero attached hydrogens (tertiary/aromatic N) is 2. The van der Waals surface area contributed by atoms with Crippen LogP contribution in [0, 0.1) is 6.92 Å². The highest BCUT2D eigenvalue weighted by Crippen LogP contribution is 2.11. The summed E-state index contributed by atoms with van der Waals surface area (Å²) in [5.41, 5.74) is 3.53. The zero-order valence-corrected chi connectivity index (χ0v) is 11.0. The summed E-state index contributed by atoms with van der Waals surface area (Å²) in [6, 6.07) is 10.5. The Morgan fingerprint density at radius 3 is 2.53 bits per heavy atom. The van der Waals surface area contributed by atoms with Gasteiger partial charge in [-0.2, -0.15) is 5.10 Å². The van der Waals surface area contributed by atoms with Gasteiger partial charge in [0.2, 0.25) is 0 Å². The van der Waals surface area contributed by atoms with Gasteiger partial charge < -0.3 is 5.32 Å². The van der Waals surface area contributed by atoms with E-state index >= 15 is 0 Å². The Bertz CT molecular complexity index is 451. The van der Waals surface area contributed by atoms with Gasteiger partial charge in [0.1, 0.15) is 0 Å². The molecule has 2 rings (SSSR count). The smallest absolute Gasteiger partial charge is 0.0824 e. The van der Waals surface area contributed by atoms with Gasteiger partial charge in [0, 0.05) is 19.8 Å². The van der Waals surface area contributed by atoms with E-state index in [9.17, 15) is 0 Å². The number of halogens is 1. The van der Waals surface area contributed by atoms with E-state index in [1.54, 1.807) is 0 Å². The molecule has 4 heteroatoms. The van der Waals surface area contributed by atoms with E-state index in [4.69, 9.17) is 0 Å². The lowest BCUT2D eigenvalue weighted by Crippen LogP contribution is -2.04. The number of hydrogen-bond donors (Lipinski definition) is 1. The first-order chi connectivity index (χ1) is 7.75. The minimum atomic E-state index is 0. The Morgan fingerprint density at radius 1 is 1.24 bits per heavy atom. The molecule has 92 valence electrons. The molecule has 0 saturated carbocycles. The predicted octanol–water partition coefficient (Wildman–Crippen LogP) is 2.80. The molecule has 0 aliphatic heterocycles. The van der Waals surface area contributed by atoms with Crippen molar-refractivity contribution in [1.29, 1.82) is 0 Å². The van der Waals surface area contributed by atoms with Crippen molar-refractivity contribution in [3.63, 3.8) is 0 Å². The van der Waals surface area contributed by atoms with E-state index in [1.807, 2.05) is 30.9 Å². The molecule has 0 saturated heterocycles. The van der Waals surface area contributed by atoms with Gasteiger partial charge in [-0.15, -0.1) is 12.4 Å². The molecule has 0 aliphatic carbocycles. The van der Waals surface area contributed by atoms with Gasteiger partial charge in [-0.3, -0.25) is 4.68 Å². The Hall–Kier alpha value is -1.48. The number of benzene rings is 1. The minimum Gasteiger partial charge on any atom is -0.382 e. The third-order valence-electron chi connectivity index (χ3n) is 2.59. The van der Waals surface area contributed by atoms with Crippen LogP contribution in [-0.2, 0) is 13.5 Å². The zero-order chi connectivity index (χ0) is 11.4. The first kappa shape index (κ1) is 13.6. The molecule has 1 heterocycles. The van der Waals surface area contributed by atoms with Crippen molar-refractivity contribution >= 4 is 18.1 Å². The summed E-state index contributed by atoms with van der Waals surface area (Å²) >= 11 is 0. The monoisotopic (exact) mass is 251 g/mol. The second-order valence-electron chi connectivity index (χ2n) is 3.96. The van der Waals surface area contributed by atoms with E-state index < -0.39 is 0 Å². The molecule has 0 radical (unpaired) electrons. The largest absolute Gasteiger partial charge is 0.382 e. The molecular weight excluding hydrogens is 234 g/mol. The molecular formula is C13H18ClN3. The molecule has 0 unspecified atom stereocenters. The molecule has 1 aromatic carbocycles. The quantitative estimate of drug-likeness (QED) is 0.906. The van der Waals surface area contributed by atoms with E-state index in [1.165, 1.54) is 5.56 Å². The highest BCUT2D eigenvalue weighted by atomic mass is 35.5. The van der Waals surface area contributed by atoms with Crippen LogP contribution in [0.1, 0.15) is 11.3 Å². The SMILES string of the molecule is Cc1nn(C)cc1NCCc1ccccc1.Cl. The van der Waals surface area contributed by atoms with Crippen molar-refractivity contribution in [2.75, 3.05) is 11.9 Å². The summed E-state index contributed by atoms with van der Waals surface area (Å²) in [5, 5.41) is 7.69. The number of hydrogen-bond acceptors (Lipinski definition) is 2. The standard InChI is InChI=1S/C13H17N3.ClH/c1-11-13(10-16(2)15-11)14-9-8-12-6-4-3-5-7-12;/h3-7,10,14H,8-9H2,1-2H3;1H. The Balaban J connectivity index is 0.00000144. The van der Waals surface area contributed by atoms with Crippen LogP contribution < -0.4 is 5.32 Å². The zero-order valence-electron chi connectivity index (χ0n) is 10.2. The van der Waals surface area contributed by atoms with Gasteiger partial charge in [-0.25, -0.2) is 0 Å². The molecule has 0 fully saturated rings. The van der Waals surface area contributed by atoms with Gasteiger partial charge >= 0.3 is 0 Å². The van der Waals surface area contributed by atoms with Crippen LogP contribution in [0.4, 0.5) is 5.69 Å². The first-order valence-electron chi connectivity index (χ1n) is 5.54. The lowest BCUT2D eigenvalue weighted by molar-refractivity contribution is 0.756. The first-order valence-corrected chi connectivity index (χ1v) is 5.54. The van der Waals surface area contributed by atoms with Crippen molar-refractivity contribution in [2.45, 2.75) is 13.3 Å². The fraction of sp³-hybridized carbons (Fsp3) is 0.308. The summed E-state index contributed by atoms with van der Waals surface area (Å²) in [6.45, 7) is 2.96. The Labute approximate surface area is 108 Å². The highest BCUT2D eigenvalue weighted by Gasteiger charge is 2.01. The number of rotatable bonds is 4. The normalized spacial score (nSPS) is 9.76. The number of nitrogens with one attached hydrogen (secondary N) is 1. The fourth-order valence-electron chi connectivity index (χ4n) is 1.76. The summed E-state index contributed by atoms with van der Waals surface area (Å²) in [6.07, 6.45) is 3.05. The van der Waals surface area contributed by atoms with Crippen LogP contribution in [-0.4, -0.2) is 16.3 Å². The molecule has 1 N–H and O–H groups in total. The summed E-state index contributed by atoms with van der Waals surface area (Å²) in [4.78, 5) is 0. The molecule has 0 aliphatic rings. The molecule has 1 aromatic heterocycles. The third-order valence-corrected chi connectivity index (χ3v) is 2.59. The van der Waals surface area contributed by atoms with Gasteiger partial charge in [0.05, 0.1) is 11.4 Å². The highest BCUT2D eigenvalue weighted by molar-refractivity contribution is 5.85. The van der Waals surface area contributed by atoms with Crippen molar-refractivity contribution in [1.82, 2.24) is 9.78 Å². The van der Waals surface area contributed by atoms with Crippen LogP contribution in [0.2, 0.25) is 0 Å². The number of aryl methyl sites for hydroxylation is 2. The topological polar surface area (TPSA) is 29.9 Å². The number of anilines is 1. The van der Waals surface area contributed by atoms with Crippen LogP contribution in [0.25, 0.3) is 0 Å². The molecule has 2 aromatic rings. The molecule has 0 amide bonds. The van der Waals surface area contributed by atoms with Crippen molar-refractivity contribution in [3.8, 4) is 0 Å². The van der Waals surface area contributed by atoms with E-state index in [0.717, 1.165) is 24.3 Å². The Kier molecular flexibility index (Phi) is 5.04. The molecule has 17 heavy (non-hydrogen) atoms. The van der Waals surface area contributed by atoms with E-state index in [-0.39, 0.29) is 12.4 Å². The van der Waals surface area contributed by atoms with Gasteiger partial charge in [0.25, 0.3) is 0 Å². The molecule has 0 bridgehead atoms. The third kappa shape index (κ3) is 3.79. The van der Waals surface area contributed by atoms with E-state index in [2.05, 4.69) is 34.7 Å². The van der Waals surface area contributed by atoms with Crippen LogP contribution in [0.15, 0.2) is 36.5 Å². The maximum absolute atomic E-state index is 4.29. The average molecular weight is 252 g/mol. The van der Waals surface area contributed by atoms with Gasteiger partial charge in [-0.05, 0) is 18.9 Å². The fourth-order valence-corrected chi connectivity index (χ4v) is 1.76. The van der Waals surface area contributed by atoms with Crippen LogP contribution in [0.3, 0.4) is 0 Å². The Morgan fingerprint density at radius 2 is 1.94 bits per heavy atom. The van der Waals surface area contributed by atoms with Crippen molar-refractivity contribution in [2.24, 2.45) is 7.05 Å². The number of aromatic nitrogens is 2. The van der Waals surface area contributed by atoms with Gasteiger partial charge in [-0.1, -0.05) is 30.3 Å². The second kappa shape index (κ2) is 6.30. The summed E-state index contributed by atoms with van der Waals surface area (Å²) in [7, 11) is 1.94. The second-order valence-corrected chi connectivity index (χ2v) is 3.96. The minimum absolute atomic E-state index is 0. The van der Waals surface area contributed by atoms with Gasteiger partial charge in [0.15, 0.2) is 0 Å². The maximum atomic E-state index is 4.29. The lowest BCUT2D eigenvalue weighted by Gasteiger charge is -2.04.